The van der Waals surface area contributed by atoms with E-state index in [9.17, 15) is 18.0 Å². The standard InChI is InChI=1S/C14H18F3N5O2/c1-4-5-9-18-11(24-21-9)7-6-10(23)19-13-8(2)12(14(15,16)17)20-22(13)3/h4-7H2,1-3H3,(H,19,23). The average molecular weight is 345 g/mol. The van der Waals surface area contributed by atoms with Gasteiger partial charge in [-0.05, 0) is 13.3 Å². The number of anilines is 1. The van der Waals surface area contributed by atoms with Gasteiger partial charge in [0.2, 0.25) is 11.8 Å². The van der Waals surface area contributed by atoms with Crippen LogP contribution in [-0.2, 0) is 30.9 Å². The number of aryl methyl sites for hydroxylation is 3. The Morgan fingerprint density at radius 2 is 2.04 bits per heavy atom. The van der Waals surface area contributed by atoms with Crippen LogP contribution in [0.25, 0.3) is 0 Å². The van der Waals surface area contributed by atoms with E-state index in [1.54, 1.807) is 0 Å². The third-order valence-corrected chi connectivity index (χ3v) is 3.36. The smallest absolute Gasteiger partial charge is 0.339 e. The molecule has 0 unspecified atom stereocenters. The van der Waals surface area contributed by atoms with Crippen molar-refractivity contribution in [3.05, 3.63) is 23.0 Å². The van der Waals surface area contributed by atoms with Crippen molar-refractivity contribution < 1.29 is 22.5 Å². The van der Waals surface area contributed by atoms with E-state index in [1.807, 2.05) is 6.92 Å². The number of aromatic nitrogens is 4. The first-order valence-corrected chi connectivity index (χ1v) is 7.44. The molecule has 1 N–H and O–H groups in total. The molecular weight excluding hydrogens is 327 g/mol. The molecule has 0 saturated carbocycles. The lowest BCUT2D eigenvalue weighted by Gasteiger charge is -2.06. The van der Waals surface area contributed by atoms with E-state index < -0.39 is 17.8 Å². The van der Waals surface area contributed by atoms with Gasteiger partial charge >= 0.3 is 6.18 Å². The summed E-state index contributed by atoms with van der Waals surface area (Å²) in [4.78, 5) is 16.1. The number of nitrogens with zero attached hydrogens (tertiary/aromatic N) is 4. The van der Waals surface area contributed by atoms with Gasteiger partial charge in [-0.2, -0.15) is 23.3 Å². The van der Waals surface area contributed by atoms with Crippen molar-refractivity contribution in [2.45, 2.75) is 45.7 Å². The number of hydrogen-bond donors (Lipinski definition) is 1. The predicted molar refractivity (Wildman–Crippen MR) is 78.2 cm³/mol. The number of nitrogens with one attached hydrogen (secondary N) is 1. The molecule has 1 amide bonds. The minimum atomic E-state index is -4.57. The molecule has 0 aromatic carbocycles. The van der Waals surface area contributed by atoms with Crippen molar-refractivity contribution in [2.75, 3.05) is 5.32 Å². The van der Waals surface area contributed by atoms with Gasteiger partial charge < -0.3 is 9.84 Å². The summed E-state index contributed by atoms with van der Waals surface area (Å²) < 4.78 is 44.4. The Balaban J connectivity index is 1.98. The summed E-state index contributed by atoms with van der Waals surface area (Å²) in [6.45, 7) is 3.25. The molecule has 132 valence electrons. The SMILES string of the molecule is CCCc1noc(CCC(=O)Nc2c(C)c(C(F)(F)F)nn2C)n1. The van der Waals surface area contributed by atoms with Crippen molar-refractivity contribution in [3.63, 3.8) is 0 Å². The fourth-order valence-electron chi connectivity index (χ4n) is 2.21. The van der Waals surface area contributed by atoms with Crippen LogP contribution in [0.1, 0.15) is 42.7 Å². The summed E-state index contributed by atoms with van der Waals surface area (Å²) in [5.41, 5.74) is -1.14. The van der Waals surface area contributed by atoms with Crippen LogP contribution in [0.4, 0.5) is 19.0 Å². The summed E-state index contributed by atoms with van der Waals surface area (Å²) in [7, 11) is 1.34. The van der Waals surface area contributed by atoms with Gasteiger partial charge in [-0.15, -0.1) is 0 Å². The van der Waals surface area contributed by atoms with Crippen molar-refractivity contribution in [2.24, 2.45) is 7.05 Å². The summed E-state index contributed by atoms with van der Waals surface area (Å²) in [5, 5.41) is 9.63. The zero-order valence-corrected chi connectivity index (χ0v) is 13.6. The molecule has 0 spiro atoms. The number of alkyl halides is 3. The second kappa shape index (κ2) is 7.02. The molecule has 0 aliphatic heterocycles. The summed E-state index contributed by atoms with van der Waals surface area (Å²) in [6.07, 6.45) is -2.78. The van der Waals surface area contributed by atoms with Gasteiger partial charge in [-0.1, -0.05) is 12.1 Å². The number of rotatable bonds is 6. The van der Waals surface area contributed by atoms with E-state index in [1.165, 1.54) is 14.0 Å². The van der Waals surface area contributed by atoms with Crippen LogP contribution in [0.5, 0.6) is 0 Å². The predicted octanol–water partition coefficient (Wildman–Crippen LogP) is 2.65. The highest BCUT2D eigenvalue weighted by Gasteiger charge is 2.37. The van der Waals surface area contributed by atoms with Crippen LogP contribution in [0.3, 0.4) is 0 Å². The summed E-state index contributed by atoms with van der Waals surface area (Å²) >= 11 is 0. The number of carbonyl (C=O) groups is 1. The number of halogens is 3. The van der Waals surface area contributed by atoms with Gasteiger partial charge in [-0.3, -0.25) is 9.48 Å². The number of carbonyl (C=O) groups excluding carboxylic acids is 1. The Bertz CT molecular complexity index is 721. The van der Waals surface area contributed by atoms with Gasteiger partial charge in [0.05, 0.1) is 0 Å². The van der Waals surface area contributed by atoms with Crippen molar-refractivity contribution in [1.29, 1.82) is 0 Å². The second-order valence-corrected chi connectivity index (χ2v) is 5.35. The first kappa shape index (κ1) is 18.0. The summed E-state index contributed by atoms with van der Waals surface area (Å²) in [6, 6.07) is 0. The highest BCUT2D eigenvalue weighted by atomic mass is 19.4. The van der Waals surface area contributed by atoms with Crippen molar-refractivity contribution >= 4 is 11.7 Å². The van der Waals surface area contributed by atoms with Gasteiger partial charge in [0.15, 0.2) is 11.5 Å². The lowest BCUT2D eigenvalue weighted by molar-refractivity contribution is -0.141. The van der Waals surface area contributed by atoms with Gasteiger partial charge in [0, 0.05) is 31.9 Å². The Morgan fingerprint density at radius 3 is 2.62 bits per heavy atom. The minimum absolute atomic E-state index is 0.0136. The Hall–Kier alpha value is -2.39. The first-order valence-electron chi connectivity index (χ1n) is 7.44. The molecule has 2 aromatic rings. The van der Waals surface area contributed by atoms with Crippen LogP contribution >= 0.6 is 0 Å². The quantitative estimate of drug-likeness (QED) is 0.870. The molecule has 10 heteroatoms. The lowest BCUT2D eigenvalue weighted by Crippen LogP contribution is -2.15. The highest BCUT2D eigenvalue weighted by Crippen LogP contribution is 2.33. The second-order valence-electron chi connectivity index (χ2n) is 5.35. The lowest BCUT2D eigenvalue weighted by atomic mass is 10.2. The average Bonchev–Trinajstić information content (AvgIpc) is 3.04. The Labute approximate surface area is 136 Å². The molecule has 24 heavy (non-hydrogen) atoms. The van der Waals surface area contributed by atoms with Gasteiger partial charge in [0.25, 0.3) is 0 Å². The molecule has 2 heterocycles. The normalized spacial score (nSPS) is 11.8. The molecular formula is C14H18F3N5O2. The molecule has 7 nitrogen and oxygen atoms in total. The van der Waals surface area contributed by atoms with Crippen LogP contribution < -0.4 is 5.32 Å². The molecule has 0 radical (unpaired) electrons. The molecule has 2 rings (SSSR count). The third-order valence-electron chi connectivity index (χ3n) is 3.36. The molecule has 0 aliphatic rings. The Kier molecular flexibility index (Phi) is 5.25. The first-order chi connectivity index (χ1) is 11.2. The maximum Gasteiger partial charge on any atom is 0.435 e. The molecule has 0 saturated heterocycles. The van der Waals surface area contributed by atoms with E-state index in [2.05, 4.69) is 20.6 Å². The largest absolute Gasteiger partial charge is 0.435 e. The van der Waals surface area contributed by atoms with Crippen LogP contribution in [0.15, 0.2) is 4.52 Å². The van der Waals surface area contributed by atoms with E-state index in [4.69, 9.17) is 4.52 Å². The van der Waals surface area contributed by atoms with Gasteiger partial charge in [0.1, 0.15) is 5.82 Å². The highest BCUT2D eigenvalue weighted by molar-refractivity contribution is 5.90. The van der Waals surface area contributed by atoms with Crippen LogP contribution in [-0.4, -0.2) is 25.8 Å². The fraction of sp³-hybridized carbons (Fsp3) is 0.571. The van der Waals surface area contributed by atoms with Gasteiger partial charge in [-0.25, -0.2) is 0 Å². The maximum atomic E-state index is 12.8. The summed E-state index contributed by atoms with van der Waals surface area (Å²) in [5.74, 6) is 0.464. The molecule has 0 aliphatic carbocycles. The zero-order valence-electron chi connectivity index (χ0n) is 13.6. The molecule has 0 bridgehead atoms. The third kappa shape index (κ3) is 4.12. The monoisotopic (exact) mass is 345 g/mol. The van der Waals surface area contributed by atoms with E-state index >= 15 is 0 Å². The van der Waals surface area contributed by atoms with Crippen molar-refractivity contribution in [1.82, 2.24) is 19.9 Å². The molecule has 2 aromatic heterocycles. The fourth-order valence-corrected chi connectivity index (χ4v) is 2.21. The number of amides is 1. The van der Waals surface area contributed by atoms with Crippen LogP contribution in [0.2, 0.25) is 0 Å². The van der Waals surface area contributed by atoms with E-state index in [0.717, 1.165) is 11.1 Å². The zero-order chi connectivity index (χ0) is 17.9. The number of hydrogen-bond acceptors (Lipinski definition) is 5. The molecule has 0 atom stereocenters. The maximum absolute atomic E-state index is 12.8. The molecule has 0 fully saturated rings. The van der Waals surface area contributed by atoms with E-state index in [0.29, 0.717) is 18.1 Å². The van der Waals surface area contributed by atoms with Crippen LogP contribution in [0, 0.1) is 6.92 Å². The Morgan fingerprint density at radius 1 is 1.33 bits per heavy atom. The van der Waals surface area contributed by atoms with Crippen molar-refractivity contribution in [3.8, 4) is 0 Å². The minimum Gasteiger partial charge on any atom is -0.339 e. The van der Waals surface area contributed by atoms with E-state index in [-0.39, 0.29) is 24.2 Å². The topological polar surface area (TPSA) is 85.8 Å².